The standard InChI is InChI=1S/C16H18ClN3O4/c1-22-14-8-13(15(23-2)7-12(14)17)19-10-11(9-18)16(21)20-3-5-24-6-4-20/h7-8,10,19H,3-6H2,1-2H3/b11-10-. The molecule has 1 aromatic rings. The minimum Gasteiger partial charge on any atom is -0.495 e. The van der Waals surface area contributed by atoms with E-state index in [2.05, 4.69) is 5.32 Å². The SMILES string of the molecule is COc1cc(N/C=C(/C#N)C(=O)N2CCOCC2)c(OC)cc1Cl. The fraction of sp³-hybridized carbons (Fsp3) is 0.375. The van der Waals surface area contributed by atoms with Gasteiger partial charge in [-0.2, -0.15) is 5.26 Å². The van der Waals surface area contributed by atoms with Crippen LogP contribution in [0.4, 0.5) is 5.69 Å². The normalized spacial score (nSPS) is 14.8. The molecule has 1 aliphatic heterocycles. The fourth-order valence-electron chi connectivity index (χ4n) is 2.20. The van der Waals surface area contributed by atoms with Gasteiger partial charge < -0.3 is 24.4 Å². The summed E-state index contributed by atoms with van der Waals surface area (Å²) in [6, 6.07) is 5.14. The van der Waals surface area contributed by atoms with Gasteiger partial charge in [-0.05, 0) is 0 Å². The van der Waals surface area contributed by atoms with Gasteiger partial charge in [-0.15, -0.1) is 0 Å². The molecule has 1 saturated heterocycles. The second kappa shape index (κ2) is 8.43. The van der Waals surface area contributed by atoms with E-state index in [0.29, 0.717) is 48.5 Å². The number of halogens is 1. The summed E-state index contributed by atoms with van der Waals surface area (Å²) in [7, 11) is 2.99. The Bertz CT molecular complexity index is 679. The summed E-state index contributed by atoms with van der Waals surface area (Å²) in [4.78, 5) is 13.9. The number of anilines is 1. The Morgan fingerprint density at radius 3 is 2.58 bits per heavy atom. The number of benzene rings is 1. The lowest BCUT2D eigenvalue weighted by atomic mass is 10.2. The summed E-state index contributed by atoms with van der Waals surface area (Å²) in [6.45, 7) is 1.88. The summed E-state index contributed by atoms with van der Waals surface area (Å²) in [5.41, 5.74) is 0.522. The highest BCUT2D eigenvalue weighted by Crippen LogP contribution is 2.35. The quantitative estimate of drug-likeness (QED) is 0.645. The smallest absolute Gasteiger partial charge is 0.266 e. The third-order valence-electron chi connectivity index (χ3n) is 3.50. The molecule has 0 atom stereocenters. The maximum atomic E-state index is 12.3. The summed E-state index contributed by atoms with van der Waals surface area (Å²) in [5, 5.41) is 12.6. The van der Waals surface area contributed by atoms with Gasteiger partial charge in [0.2, 0.25) is 0 Å². The highest BCUT2D eigenvalue weighted by molar-refractivity contribution is 6.32. The van der Waals surface area contributed by atoms with Gasteiger partial charge in [-0.1, -0.05) is 11.6 Å². The van der Waals surface area contributed by atoms with Gasteiger partial charge in [-0.3, -0.25) is 4.79 Å². The summed E-state index contributed by atoms with van der Waals surface area (Å²) in [5.74, 6) is 0.577. The molecule has 0 saturated carbocycles. The molecule has 8 heteroatoms. The fourth-order valence-corrected chi connectivity index (χ4v) is 2.43. The van der Waals surface area contributed by atoms with Crippen molar-refractivity contribution in [2.45, 2.75) is 0 Å². The van der Waals surface area contributed by atoms with Crippen molar-refractivity contribution in [2.24, 2.45) is 0 Å². The lowest BCUT2D eigenvalue weighted by Gasteiger charge is -2.26. The van der Waals surface area contributed by atoms with Crippen molar-refractivity contribution < 1.29 is 19.0 Å². The van der Waals surface area contributed by atoms with E-state index in [4.69, 9.17) is 25.8 Å². The van der Waals surface area contributed by atoms with E-state index in [-0.39, 0.29) is 11.5 Å². The largest absolute Gasteiger partial charge is 0.495 e. The molecule has 1 aromatic carbocycles. The number of morpholine rings is 1. The first kappa shape index (κ1) is 17.9. The number of hydrogen-bond acceptors (Lipinski definition) is 6. The van der Waals surface area contributed by atoms with Crippen LogP contribution in [0.1, 0.15) is 0 Å². The van der Waals surface area contributed by atoms with Crippen molar-refractivity contribution in [2.75, 3.05) is 45.8 Å². The van der Waals surface area contributed by atoms with Crippen LogP contribution in [0.15, 0.2) is 23.9 Å². The lowest BCUT2D eigenvalue weighted by Crippen LogP contribution is -2.41. The van der Waals surface area contributed by atoms with E-state index in [0.717, 1.165) is 0 Å². The maximum Gasteiger partial charge on any atom is 0.266 e. The summed E-state index contributed by atoms with van der Waals surface area (Å²) < 4.78 is 15.6. The highest BCUT2D eigenvalue weighted by atomic mass is 35.5. The number of nitriles is 1. The van der Waals surface area contributed by atoms with Gasteiger partial charge in [0, 0.05) is 31.4 Å². The number of amides is 1. The molecule has 0 radical (unpaired) electrons. The summed E-state index contributed by atoms with van der Waals surface area (Å²) >= 11 is 6.05. The van der Waals surface area contributed by atoms with Crippen LogP contribution >= 0.6 is 11.6 Å². The molecule has 1 amide bonds. The van der Waals surface area contributed by atoms with Gasteiger partial charge >= 0.3 is 0 Å². The Morgan fingerprint density at radius 1 is 1.33 bits per heavy atom. The van der Waals surface area contributed by atoms with Gasteiger partial charge in [-0.25, -0.2) is 0 Å². The molecule has 0 bridgehead atoms. The van der Waals surface area contributed by atoms with Crippen LogP contribution in [-0.2, 0) is 9.53 Å². The highest BCUT2D eigenvalue weighted by Gasteiger charge is 2.20. The van der Waals surface area contributed by atoms with E-state index in [1.54, 1.807) is 17.0 Å². The molecule has 24 heavy (non-hydrogen) atoms. The van der Waals surface area contributed by atoms with Crippen molar-refractivity contribution in [1.29, 1.82) is 5.26 Å². The van der Waals surface area contributed by atoms with E-state index >= 15 is 0 Å². The minimum atomic E-state index is -0.340. The molecule has 128 valence electrons. The van der Waals surface area contributed by atoms with Crippen molar-refractivity contribution >= 4 is 23.2 Å². The van der Waals surface area contributed by atoms with E-state index in [9.17, 15) is 10.1 Å². The second-order valence-electron chi connectivity index (χ2n) is 4.91. The molecule has 1 fully saturated rings. The number of hydrogen-bond donors (Lipinski definition) is 1. The van der Waals surface area contributed by atoms with Crippen molar-refractivity contribution in [3.05, 3.63) is 28.9 Å². The average Bonchev–Trinajstić information content (AvgIpc) is 2.63. The zero-order chi connectivity index (χ0) is 17.5. The topological polar surface area (TPSA) is 83.8 Å². The molecular formula is C16H18ClN3O4. The average molecular weight is 352 g/mol. The first-order valence-corrected chi connectivity index (χ1v) is 7.63. The number of methoxy groups -OCH3 is 2. The molecule has 1 N–H and O–H groups in total. The predicted molar refractivity (Wildman–Crippen MR) is 89.3 cm³/mol. The van der Waals surface area contributed by atoms with Gasteiger partial charge in [0.15, 0.2) is 0 Å². The van der Waals surface area contributed by atoms with Crippen LogP contribution in [0, 0.1) is 11.3 Å². The van der Waals surface area contributed by atoms with Crippen LogP contribution in [-0.4, -0.2) is 51.3 Å². The van der Waals surface area contributed by atoms with E-state index in [1.165, 1.54) is 20.4 Å². The second-order valence-corrected chi connectivity index (χ2v) is 5.31. The molecule has 1 heterocycles. The van der Waals surface area contributed by atoms with Gasteiger partial charge in [0.1, 0.15) is 23.1 Å². The molecular weight excluding hydrogens is 334 g/mol. The van der Waals surface area contributed by atoms with Crippen LogP contribution in [0.2, 0.25) is 5.02 Å². The van der Waals surface area contributed by atoms with E-state index < -0.39 is 0 Å². The Labute approximate surface area is 145 Å². The first-order valence-electron chi connectivity index (χ1n) is 7.26. The molecule has 0 aromatic heterocycles. The molecule has 1 aliphatic rings. The molecule has 7 nitrogen and oxygen atoms in total. The third kappa shape index (κ3) is 4.10. The number of carbonyl (C=O) groups is 1. The van der Waals surface area contributed by atoms with Crippen LogP contribution in [0.5, 0.6) is 11.5 Å². The molecule has 0 spiro atoms. The Kier molecular flexibility index (Phi) is 6.29. The number of carbonyl (C=O) groups excluding carboxylic acids is 1. The zero-order valence-electron chi connectivity index (χ0n) is 13.5. The van der Waals surface area contributed by atoms with Crippen molar-refractivity contribution in [3.8, 4) is 17.6 Å². The van der Waals surface area contributed by atoms with Gasteiger partial charge in [0.25, 0.3) is 5.91 Å². The molecule has 0 aliphatic carbocycles. The number of nitrogens with zero attached hydrogens (tertiary/aromatic N) is 2. The Hall–Kier alpha value is -2.43. The van der Waals surface area contributed by atoms with E-state index in [1.807, 2.05) is 6.07 Å². The lowest BCUT2D eigenvalue weighted by molar-refractivity contribution is -0.130. The number of ether oxygens (including phenoxy) is 3. The van der Waals surface area contributed by atoms with Crippen molar-refractivity contribution in [3.63, 3.8) is 0 Å². The number of rotatable bonds is 5. The molecule has 0 unspecified atom stereocenters. The third-order valence-corrected chi connectivity index (χ3v) is 3.79. The Balaban J connectivity index is 2.21. The Morgan fingerprint density at radius 2 is 2.00 bits per heavy atom. The maximum absolute atomic E-state index is 12.3. The van der Waals surface area contributed by atoms with Crippen LogP contribution in [0.3, 0.4) is 0 Å². The predicted octanol–water partition coefficient (Wildman–Crippen LogP) is 2.04. The number of nitrogens with one attached hydrogen (secondary N) is 1. The zero-order valence-corrected chi connectivity index (χ0v) is 14.2. The molecule has 2 rings (SSSR count). The monoisotopic (exact) mass is 351 g/mol. The first-order chi connectivity index (χ1) is 11.6. The van der Waals surface area contributed by atoms with Crippen LogP contribution in [0.25, 0.3) is 0 Å². The summed E-state index contributed by atoms with van der Waals surface area (Å²) in [6.07, 6.45) is 1.35. The van der Waals surface area contributed by atoms with Gasteiger partial charge in [0.05, 0.1) is 38.1 Å². The minimum absolute atomic E-state index is 0.00660. The van der Waals surface area contributed by atoms with Crippen molar-refractivity contribution in [1.82, 2.24) is 4.90 Å². The van der Waals surface area contributed by atoms with Crippen LogP contribution < -0.4 is 14.8 Å².